The third-order valence-corrected chi connectivity index (χ3v) is 2.25. The molecule has 0 N–H and O–H groups in total. The van der Waals surface area contributed by atoms with Gasteiger partial charge in [-0.3, -0.25) is 4.21 Å². The highest BCUT2D eigenvalue weighted by atomic mass is 32.2. The van der Waals surface area contributed by atoms with Crippen LogP contribution in [0.5, 0.6) is 0 Å². The fourth-order valence-electron chi connectivity index (χ4n) is 0.721. The average Bonchev–Trinajstić information content (AvgIpc) is 2.05. The molecule has 0 amide bonds. The van der Waals surface area contributed by atoms with E-state index in [0.29, 0.717) is 5.56 Å². The monoisotopic (exact) mass is 165 g/mol. The highest BCUT2D eigenvalue weighted by molar-refractivity contribution is 7.84. The summed E-state index contributed by atoms with van der Waals surface area (Å²) in [4.78, 5) is 0.754. The molecule has 0 aliphatic heterocycles. The minimum atomic E-state index is -0.949. The molecular weight excluding hydrogens is 158 g/mol. The number of benzene rings is 1. The molecule has 0 fully saturated rings. The lowest BCUT2D eigenvalue weighted by Gasteiger charge is -1.93. The van der Waals surface area contributed by atoms with Crippen LogP contribution in [0.4, 0.5) is 0 Å². The Morgan fingerprint density at radius 2 is 1.91 bits per heavy atom. The number of nitriles is 1. The second kappa shape index (κ2) is 3.31. The van der Waals surface area contributed by atoms with E-state index in [0.717, 1.165) is 4.90 Å². The molecule has 1 rings (SSSR count). The molecule has 0 aromatic heterocycles. The number of hydrogen-bond acceptors (Lipinski definition) is 2. The molecular formula is C8H7NOS. The molecule has 2 nitrogen and oxygen atoms in total. The van der Waals surface area contributed by atoms with Gasteiger partial charge in [-0.05, 0) is 24.3 Å². The number of hydrogen-bond donors (Lipinski definition) is 0. The van der Waals surface area contributed by atoms with Gasteiger partial charge in [0.05, 0.1) is 11.6 Å². The zero-order valence-corrected chi connectivity index (χ0v) is 6.89. The predicted octanol–water partition coefficient (Wildman–Crippen LogP) is 1.30. The summed E-state index contributed by atoms with van der Waals surface area (Å²) in [5.74, 6) is 0. The SMILES string of the molecule is C[S@@](=O)c1ccc(C#N)cc1. The quantitative estimate of drug-likeness (QED) is 0.629. The van der Waals surface area contributed by atoms with Crippen molar-refractivity contribution in [1.82, 2.24) is 0 Å². The van der Waals surface area contributed by atoms with Crippen molar-refractivity contribution in [2.24, 2.45) is 0 Å². The lowest BCUT2D eigenvalue weighted by atomic mass is 10.2. The van der Waals surface area contributed by atoms with Gasteiger partial charge in [0.2, 0.25) is 0 Å². The van der Waals surface area contributed by atoms with E-state index in [1.54, 1.807) is 30.5 Å². The van der Waals surface area contributed by atoms with E-state index in [1.807, 2.05) is 6.07 Å². The van der Waals surface area contributed by atoms with Gasteiger partial charge < -0.3 is 0 Å². The van der Waals surface area contributed by atoms with Crippen molar-refractivity contribution in [3.8, 4) is 6.07 Å². The predicted molar refractivity (Wildman–Crippen MR) is 43.5 cm³/mol. The van der Waals surface area contributed by atoms with E-state index in [4.69, 9.17) is 5.26 Å². The maximum Gasteiger partial charge on any atom is 0.0991 e. The highest BCUT2D eigenvalue weighted by Gasteiger charge is 1.95. The van der Waals surface area contributed by atoms with E-state index in [-0.39, 0.29) is 0 Å². The van der Waals surface area contributed by atoms with Gasteiger partial charge in [0.1, 0.15) is 0 Å². The summed E-state index contributed by atoms with van der Waals surface area (Å²) < 4.78 is 10.9. The molecule has 0 unspecified atom stereocenters. The Bertz CT molecular complexity index is 310. The molecule has 0 saturated carbocycles. The summed E-state index contributed by atoms with van der Waals surface area (Å²) >= 11 is 0. The van der Waals surface area contributed by atoms with Crippen LogP contribution in [0, 0.1) is 11.3 Å². The van der Waals surface area contributed by atoms with E-state index >= 15 is 0 Å². The zero-order chi connectivity index (χ0) is 8.27. The van der Waals surface area contributed by atoms with Crippen molar-refractivity contribution in [2.45, 2.75) is 4.90 Å². The van der Waals surface area contributed by atoms with Crippen LogP contribution in [0.3, 0.4) is 0 Å². The van der Waals surface area contributed by atoms with Crippen molar-refractivity contribution < 1.29 is 4.21 Å². The van der Waals surface area contributed by atoms with Gasteiger partial charge in [0, 0.05) is 22.0 Å². The summed E-state index contributed by atoms with van der Waals surface area (Å²) in [5, 5.41) is 8.44. The van der Waals surface area contributed by atoms with E-state index in [9.17, 15) is 4.21 Å². The molecule has 56 valence electrons. The Labute approximate surface area is 67.9 Å². The molecule has 1 aromatic rings. The minimum absolute atomic E-state index is 0.596. The molecule has 0 bridgehead atoms. The van der Waals surface area contributed by atoms with Crippen LogP contribution < -0.4 is 0 Å². The minimum Gasteiger partial charge on any atom is -0.255 e. The summed E-state index contributed by atoms with van der Waals surface area (Å²) in [6.07, 6.45) is 1.61. The largest absolute Gasteiger partial charge is 0.255 e. The standard InChI is InChI=1S/C8H7NOS/c1-11(10)8-4-2-7(6-9)3-5-8/h2-5H,1H3/t11-/m1/s1. The molecule has 3 heteroatoms. The van der Waals surface area contributed by atoms with Crippen LogP contribution in [0.25, 0.3) is 0 Å². The second-order valence-corrected chi connectivity index (χ2v) is 3.47. The fraction of sp³-hybridized carbons (Fsp3) is 0.125. The van der Waals surface area contributed by atoms with E-state index < -0.39 is 10.8 Å². The summed E-state index contributed by atoms with van der Waals surface area (Å²) in [7, 11) is -0.949. The average molecular weight is 165 g/mol. The van der Waals surface area contributed by atoms with Crippen LogP contribution in [0.2, 0.25) is 0 Å². The van der Waals surface area contributed by atoms with Crippen molar-refractivity contribution in [1.29, 1.82) is 5.26 Å². The molecule has 0 radical (unpaired) electrons. The van der Waals surface area contributed by atoms with Crippen LogP contribution in [0.1, 0.15) is 5.56 Å². The van der Waals surface area contributed by atoms with Gasteiger partial charge in [-0.1, -0.05) is 0 Å². The van der Waals surface area contributed by atoms with Crippen molar-refractivity contribution >= 4 is 10.8 Å². The molecule has 0 spiro atoms. The van der Waals surface area contributed by atoms with Gasteiger partial charge >= 0.3 is 0 Å². The smallest absolute Gasteiger partial charge is 0.0991 e. The van der Waals surface area contributed by atoms with Crippen LogP contribution in [-0.4, -0.2) is 10.5 Å². The normalized spacial score (nSPS) is 12.0. The first-order valence-electron chi connectivity index (χ1n) is 3.07. The first kappa shape index (κ1) is 7.96. The Hall–Kier alpha value is -1.14. The van der Waals surface area contributed by atoms with E-state index in [2.05, 4.69) is 0 Å². The zero-order valence-electron chi connectivity index (χ0n) is 6.07. The Morgan fingerprint density at radius 1 is 1.36 bits per heavy atom. The second-order valence-electron chi connectivity index (χ2n) is 2.09. The third kappa shape index (κ3) is 1.89. The number of nitrogens with zero attached hydrogens (tertiary/aromatic N) is 1. The van der Waals surface area contributed by atoms with Crippen LogP contribution in [-0.2, 0) is 10.8 Å². The van der Waals surface area contributed by atoms with E-state index in [1.165, 1.54) is 0 Å². The van der Waals surface area contributed by atoms with Gasteiger partial charge in [-0.15, -0.1) is 0 Å². The molecule has 0 aliphatic carbocycles. The van der Waals surface area contributed by atoms with Gasteiger partial charge in [0.25, 0.3) is 0 Å². The Morgan fingerprint density at radius 3 is 2.27 bits per heavy atom. The summed E-state index contributed by atoms with van der Waals surface area (Å²) in [6.45, 7) is 0. The van der Waals surface area contributed by atoms with Gasteiger partial charge in [0.15, 0.2) is 0 Å². The summed E-state index contributed by atoms with van der Waals surface area (Å²) in [5.41, 5.74) is 0.596. The molecule has 0 heterocycles. The first-order valence-corrected chi connectivity index (χ1v) is 4.63. The van der Waals surface area contributed by atoms with Crippen LogP contribution in [0.15, 0.2) is 29.2 Å². The molecule has 0 aliphatic rings. The Balaban J connectivity index is 3.03. The topological polar surface area (TPSA) is 40.9 Å². The third-order valence-electron chi connectivity index (χ3n) is 1.32. The maximum atomic E-state index is 10.9. The van der Waals surface area contributed by atoms with Crippen molar-refractivity contribution in [3.05, 3.63) is 29.8 Å². The molecule has 0 saturated heterocycles. The molecule has 1 atom stereocenters. The summed E-state index contributed by atoms with van der Waals surface area (Å²) in [6, 6.07) is 8.73. The molecule has 11 heavy (non-hydrogen) atoms. The fourth-order valence-corrected chi connectivity index (χ4v) is 1.24. The highest BCUT2D eigenvalue weighted by Crippen LogP contribution is 2.05. The Kier molecular flexibility index (Phi) is 2.40. The maximum absolute atomic E-state index is 10.9. The first-order chi connectivity index (χ1) is 5.24. The van der Waals surface area contributed by atoms with Gasteiger partial charge in [-0.2, -0.15) is 5.26 Å². The van der Waals surface area contributed by atoms with Crippen molar-refractivity contribution in [2.75, 3.05) is 6.26 Å². The number of rotatable bonds is 1. The lowest BCUT2D eigenvalue weighted by molar-refractivity contribution is 0.687. The molecule has 1 aromatic carbocycles. The van der Waals surface area contributed by atoms with Gasteiger partial charge in [-0.25, -0.2) is 0 Å². The van der Waals surface area contributed by atoms with Crippen molar-refractivity contribution in [3.63, 3.8) is 0 Å². The van der Waals surface area contributed by atoms with Crippen LogP contribution >= 0.6 is 0 Å². The lowest BCUT2D eigenvalue weighted by Crippen LogP contribution is -1.86.